The van der Waals surface area contributed by atoms with Gasteiger partial charge < -0.3 is 0 Å². The maximum atomic E-state index is 13.0. The van der Waals surface area contributed by atoms with Gasteiger partial charge in [0.1, 0.15) is 6.54 Å². The number of amides is 1. The summed E-state index contributed by atoms with van der Waals surface area (Å²) in [6.45, 7) is -0.638. The third-order valence-electron chi connectivity index (χ3n) is 3.17. The molecule has 2 aromatic rings. The second-order valence-corrected chi connectivity index (χ2v) is 7.53. The van der Waals surface area contributed by atoms with Gasteiger partial charge in [0.05, 0.1) is 10.6 Å². The first-order chi connectivity index (χ1) is 11.8. The summed E-state index contributed by atoms with van der Waals surface area (Å²) in [4.78, 5) is 21.5. The Labute approximate surface area is 151 Å². The monoisotopic (exact) mass is 428 g/mol. The van der Waals surface area contributed by atoms with Crippen LogP contribution < -0.4 is 15.6 Å². The number of carbonyl (C=O) groups is 1. The molecule has 2 aromatic carbocycles. The molecule has 0 fully saturated rings. The largest absolute Gasteiger partial charge is 0.293 e. The molecule has 0 bridgehead atoms. The van der Waals surface area contributed by atoms with Crippen molar-refractivity contribution in [3.05, 3.63) is 63.1 Å². The van der Waals surface area contributed by atoms with Crippen molar-refractivity contribution in [3.63, 3.8) is 0 Å². The molecule has 9 nitrogen and oxygen atoms in total. The first-order valence-electron chi connectivity index (χ1n) is 6.78. The second-order valence-electron chi connectivity index (χ2n) is 4.78. The van der Waals surface area contributed by atoms with E-state index in [-0.39, 0.29) is 5.69 Å². The van der Waals surface area contributed by atoms with Crippen LogP contribution in [0.25, 0.3) is 0 Å². The second kappa shape index (κ2) is 7.59. The average molecular weight is 429 g/mol. The lowest BCUT2D eigenvalue weighted by molar-refractivity contribution is -0.387. The van der Waals surface area contributed by atoms with Crippen molar-refractivity contribution in [3.8, 4) is 0 Å². The van der Waals surface area contributed by atoms with Crippen LogP contribution in [-0.2, 0) is 14.8 Å². The van der Waals surface area contributed by atoms with E-state index in [1.165, 1.54) is 24.3 Å². The molecule has 132 valence electrons. The Morgan fingerprint density at radius 2 is 1.92 bits per heavy atom. The molecule has 0 aliphatic heterocycles. The Balaban J connectivity index is 2.64. The number of hydrogen-bond acceptors (Lipinski definition) is 6. The van der Waals surface area contributed by atoms with Crippen molar-refractivity contribution in [1.82, 2.24) is 5.43 Å². The van der Waals surface area contributed by atoms with Crippen LogP contribution in [0.3, 0.4) is 0 Å². The molecule has 0 heterocycles. The molecule has 0 aliphatic rings. The quantitative estimate of drug-likeness (QED) is 0.310. The SMILES string of the molecule is NNC(=O)CN(c1cccc(Br)c1)S(=O)(=O)c1ccccc1[N+](=O)[O-]. The molecule has 1 amide bonds. The zero-order valence-electron chi connectivity index (χ0n) is 12.6. The van der Waals surface area contributed by atoms with Crippen molar-refractivity contribution in [2.24, 2.45) is 5.84 Å². The first kappa shape index (κ1) is 18.8. The van der Waals surface area contributed by atoms with Crippen LogP contribution in [0.4, 0.5) is 11.4 Å². The normalized spacial score (nSPS) is 11.0. The van der Waals surface area contributed by atoms with Gasteiger partial charge in [0, 0.05) is 10.5 Å². The molecule has 2 rings (SSSR count). The van der Waals surface area contributed by atoms with Crippen molar-refractivity contribution in [2.75, 3.05) is 10.8 Å². The molecular weight excluding hydrogens is 416 g/mol. The predicted molar refractivity (Wildman–Crippen MR) is 94.1 cm³/mol. The molecule has 0 aliphatic carbocycles. The van der Waals surface area contributed by atoms with Crippen LogP contribution in [0, 0.1) is 10.1 Å². The van der Waals surface area contributed by atoms with E-state index in [4.69, 9.17) is 5.84 Å². The van der Waals surface area contributed by atoms with Crippen molar-refractivity contribution in [1.29, 1.82) is 0 Å². The molecule has 0 aromatic heterocycles. The summed E-state index contributed by atoms with van der Waals surface area (Å²) in [5, 5.41) is 11.2. The van der Waals surface area contributed by atoms with Crippen molar-refractivity contribution in [2.45, 2.75) is 4.90 Å². The number of nitro benzene ring substituents is 1. The van der Waals surface area contributed by atoms with Crippen LogP contribution in [0.15, 0.2) is 57.9 Å². The fraction of sp³-hybridized carbons (Fsp3) is 0.0714. The van der Waals surface area contributed by atoms with Gasteiger partial charge in [-0.2, -0.15) is 0 Å². The maximum absolute atomic E-state index is 13.0. The van der Waals surface area contributed by atoms with E-state index in [2.05, 4.69) is 15.9 Å². The summed E-state index contributed by atoms with van der Waals surface area (Å²) in [7, 11) is -4.40. The Morgan fingerprint density at radius 1 is 1.24 bits per heavy atom. The minimum Gasteiger partial charge on any atom is -0.293 e. The number of nitrogens with zero attached hydrogens (tertiary/aromatic N) is 2. The molecule has 0 radical (unpaired) electrons. The zero-order valence-corrected chi connectivity index (χ0v) is 15.0. The van der Waals surface area contributed by atoms with Crippen LogP contribution in [0.2, 0.25) is 0 Å². The topological polar surface area (TPSA) is 136 Å². The van der Waals surface area contributed by atoms with Gasteiger partial charge in [0.15, 0.2) is 4.90 Å². The highest BCUT2D eigenvalue weighted by atomic mass is 79.9. The van der Waals surface area contributed by atoms with Gasteiger partial charge in [-0.1, -0.05) is 34.1 Å². The molecular formula is C14H13BrN4O5S. The summed E-state index contributed by atoms with van der Waals surface area (Å²) in [5.74, 6) is 4.27. The molecule has 11 heteroatoms. The van der Waals surface area contributed by atoms with Gasteiger partial charge in [0.25, 0.3) is 21.6 Å². The predicted octanol–water partition coefficient (Wildman–Crippen LogP) is 1.54. The van der Waals surface area contributed by atoms with E-state index in [0.29, 0.717) is 4.47 Å². The zero-order chi connectivity index (χ0) is 18.6. The molecule has 0 unspecified atom stereocenters. The van der Waals surface area contributed by atoms with Crippen LogP contribution in [-0.4, -0.2) is 25.8 Å². The average Bonchev–Trinajstić information content (AvgIpc) is 2.59. The summed E-state index contributed by atoms with van der Waals surface area (Å²) in [5.41, 5.74) is 1.41. The highest BCUT2D eigenvalue weighted by Gasteiger charge is 2.33. The Bertz CT molecular complexity index is 919. The lowest BCUT2D eigenvalue weighted by atomic mass is 10.3. The van der Waals surface area contributed by atoms with E-state index in [0.717, 1.165) is 16.4 Å². The van der Waals surface area contributed by atoms with Gasteiger partial charge in [-0.3, -0.25) is 24.6 Å². The molecule has 3 N–H and O–H groups in total. The fourth-order valence-corrected chi connectivity index (χ4v) is 4.03. The number of nitro groups is 1. The standard InChI is InChI=1S/C14H13BrN4O5S/c15-10-4-3-5-11(8-10)18(9-14(20)17-16)25(23,24)13-7-2-1-6-12(13)19(21)22/h1-8H,9,16H2,(H,17,20). The minimum atomic E-state index is -4.40. The maximum Gasteiger partial charge on any atom is 0.289 e. The number of hydrogen-bond donors (Lipinski definition) is 2. The minimum absolute atomic E-state index is 0.149. The van der Waals surface area contributed by atoms with E-state index in [1.54, 1.807) is 12.1 Å². The third-order valence-corrected chi connectivity index (χ3v) is 5.49. The van der Waals surface area contributed by atoms with Crippen LogP contribution in [0.1, 0.15) is 0 Å². The number of nitrogens with one attached hydrogen (secondary N) is 1. The fourth-order valence-electron chi connectivity index (χ4n) is 2.07. The highest BCUT2D eigenvalue weighted by Crippen LogP contribution is 2.30. The van der Waals surface area contributed by atoms with E-state index in [9.17, 15) is 23.3 Å². The Hall–Kier alpha value is -2.50. The molecule has 25 heavy (non-hydrogen) atoms. The number of para-hydroxylation sites is 1. The van der Waals surface area contributed by atoms with Crippen LogP contribution in [0.5, 0.6) is 0 Å². The van der Waals surface area contributed by atoms with E-state index in [1.807, 2.05) is 5.43 Å². The lowest BCUT2D eigenvalue weighted by Crippen LogP contribution is -2.43. The number of sulfonamides is 1. The third kappa shape index (κ3) is 4.13. The number of benzene rings is 2. The van der Waals surface area contributed by atoms with Crippen molar-refractivity contribution < 1.29 is 18.1 Å². The van der Waals surface area contributed by atoms with Crippen LogP contribution >= 0.6 is 15.9 Å². The number of rotatable bonds is 6. The molecule has 0 saturated heterocycles. The van der Waals surface area contributed by atoms with Gasteiger partial charge in [0.2, 0.25) is 0 Å². The van der Waals surface area contributed by atoms with E-state index < -0.39 is 38.0 Å². The smallest absolute Gasteiger partial charge is 0.289 e. The number of halogens is 1. The van der Waals surface area contributed by atoms with Crippen molar-refractivity contribution >= 4 is 43.2 Å². The summed E-state index contributed by atoms with van der Waals surface area (Å²) < 4.78 is 27.3. The number of hydrazine groups is 1. The number of anilines is 1. The van der Waals surface area contributed by atoms with Gasteiger partial charge in [-0.15, -0.1) is 0 Å². The lowest BCUT2D eigenvalue weighted by Gasteiger charge is -2.23. The van der Waals surface area contributed by atoms with Gasteiger partial charge >= 0.3 is 0 Å². The van der Waals surface area contributed by atoms with Gasteiger partial charge in [-0.05, 0) is 24.3 Å². The first-order valence-corrected chi connectivity index (χ1v) is 9.02. The molecule has 0 atom stereocenters. The Kier molecular flexibility index (Phi) is 5.72. The molecule has 0 spiro atoms. The van der Waals surface area contributed by atoms with Gasteiger partial charge in [-0.25, -0.2) is 14.3 Å². The number of nitrogens with two attached hydrogens (primary N) is 1. The number of carbonyl (C=O) groups excluding carboxylic acids is 1. The Morgan fingerprint density at radius 3 is 2.52 bits per heavy atom. The summed E-state index contributed by atoms with van der Waals surface area (Å²) >= 11 is 3.22. The summed E-state index contributed by atoms with van der Waals surface area (Å²) in [6.07, 6.45) is 0. The van der Waals surface area contributed by atoms with E-state index >= 15 is 0 Å². The highest BCUT2D eigenvalue weighted by molar-refractivity contribution is 9.10. The molecule has 0 saturated carbocycles. The summed E-state index contributed by atoms with van der Waals surface area (Å²) in [6, 6.07) is 11.1.